The van der Waals surface area contributed by atoms with Crippen LogP contribution in [0.1, 0.15) is 17.9 Å². The minimum absolute atomic E-state index is 0.0416. The number of halogens is 3. The van der Waals surface area contributed by atoms with Gasteiger partial charge in [-0.1, -0.05) is 0 Å². The molecule has 0 spiro atoms. The summed E-state index contributed by atoms with van der Waals surface area (Å²) in [6.45, 7) is 0.577. The van der Waals surface area contributed by atoms with Crippen molar-refractivity contribution in [1.82, 2.24) is 14.5 Å². The zero-order valence-electron chi connectivity index (χ0n) is 10.9. The molecule has 2 heterocycles. The smallest absolute Gasteiger partial charge is 0.381 e. The van der Waals surface area contributed by atoms with Crippen LogP contribution in [-0.2, 0) is 28.8 Å². The molecule has 5 nitrogen and oxygen atoms in total. The molecule has 0 bridgehead atoms. The summed E-state index contributed by atoms with van der Waals surface area (Å²) in [6, 6.07) is 0. The zero-order valence-corrected chi connectivity index (χ0v) is 10.9. The lowest BCUT2D eigenvalue weighted by atomic mass is 10.2. The predicted molar refractivity (Wildman–Crippen MR) is 61.6 cm³/mol. The molecule has 0 saturated heterocycles. The second-order valence-corrected chi connectivity index (χ2v) is 5.10. The number of carbonyl (C=O) groups is 1. The van der Waals surface area contributed by atoms with Gasteiger partial charge < -0.3 is 14.2 Å². The Kier molecular flexibility index (Phi) is 3.00. The molecule has 0 N–H and O–H groups in total. The molecule has 0 unspecified atom stereocenters. The molecule has 1 aliphatic carbocycles. The Morgan fingerprint density at radius 1 is 1.45 bits per heavy atom. The van der Waals surface area contributed by atoms with Crippen molar-refractivity contribution in [2.45, 2.75) is 31.8 Å². The normalized spacial score (nSPS) is 25.5. The van der Waals surface area contributed by atoms with Gasteiger partial charge in [0.15, 0.2) is 0 Å². The molecule has 2 atom stereocenters. The van der Waals surface area contributed by atoms with Gasteiger partial charge >= 0.3 is 6.18 Å². The molecule has 20 heavy (non-hydrogen) atoms. The topological polar surface area (TPSA) is 47.4 Å². The predicted octanol–water partition coefficient (Wildman–Crippen LogP) is 1.28. The van der Waals surface area contributed by atoms with Crippen molar-refractivity contribution >= 4 is 5.91 Å². The number of ether oxygens (including phenoxy) is 1. The fourth-order valence-corrected chi connectivity index (χ4v) is 2.62. The van der Waals surface area contributed by atoms with Crippen molar-refractivity contribution in [3.05, 3.63) is 17.7 Å². The van der Waals surface area contributed by atoms with E-state index in [1.165, 1.54) is 6.20 Å². The number of amides is 1. The van der Waals surface area contributed by atoms with Crippen molar-refractivity contribution in [2.75, 3.05) is 13.7 Å². The molecule has 1 aromatic heterocycles. The first-order valence-corrected chi connectivity index (χ1v) is 6.35. The monoisotopic (exact) mass is 289 g/mol. The number of nitrogens with zero attached hydrogens (tertiary/aromatic N) is 3. The van der Waals surface area contributed by atoms with Crippen LogP contribution in [0.2, 0.25) is 0 Å². The molecule has 110 valence electrons. The van der Waals surface area contributed by atoms with Gasteiger partial charge in [-0.2, -0.15) is 13.2 Å². The fourth-order valence-electron chi connectivity index (χ4n) is 2.62. The quantitative estimate of drug-likeness (QED) is 0.824. The van der Waals surface area contributed by atoms with Gasteiger partial charge in [0.05, 0.1) is 30.5 Å². The summed E-state index contributed by atoms with van der Waals surface area (Å²) in [5.74, 6) is -1.07. The molecule has 3 rings (SSSR count). The molecular weight excluding hydrogens is 275 g/mol. The van der Waals surface area contributed by atoms with E-state index in [1.54, 1.807) is 12.0 Å². The van der Waals surface area contributed by atoms with Gasteiger partial charge in [0.25, 0.3) is 0 Å². The van der Waals surface area contributed by atoms with Crippen LogP contribution < -0.4 is 0 Å². The standard InChI is InChI=1S/C12H14F3N3O2/c1-20-9-4-8(9)10(19)17-2-3-18-7(6-17)5-16-11(18)12(13,14)15/h5,8-9H,2-4,6H2,1H3/t8-,9-/m0/s1. The van der Waals surface area contributed by atoms with E-state index in [9.17, 15) is 18.0 Å². The number of rotatable bonds is 2. The summed E-state index contributed by atoms with van der Waals surface area (Å²) in [4.78, 5) is 17.2. The van der Waals surface area contributed by atoms with Crippen LogP contribution in [0.4, 0.5) is 13.2 Å². The number of alkyl halides is 3. The van der Waals surface area contributed by atoms with Crippen LogP contribution in [0.5, 0.6) is 0 Å². The Morgan fingerprint density at radius 2 is 2.20 bits per heavy atom. The number of carbonyl (C=O) groups excluding carboxylic acids is 1. The van der Waals surface area contributed by atoms with Crippen LogP contribution >= 0.6 is 0 Å². The molecular formula is C12H14F3N3O2. The van der Waals surface area contributed by atoms with E-state index < -0.39 is 12.0 Å². The Labute approximate surface area is 113 Å². The lowest BCUT2D eigenvalue weighted by Gasteiger charge is -2.29. The molecule has 0 aromatic carbocycles. The first-order valence-electron chi connectivity index (χ1n) is 6.35. The van der Waals surface area contributed by atoms with E-state index in [-0.39, 0.29) is 37.6 Å². The average molecular weight is 289 g/mol. The number of hydrogen-bond donors (Lipinski definition) is 0. The highest BCUT2D eigenvalue weighted by molar-refractivity contribution is 5.82. The number of aromatic nitrogens is 2. The second kappa shape index (κ2) is 4.47. The molecule has 1 amide bonds. The molecule has 1 aliphatic heterocycles. The highest BCUT2D eigenvalue weighted by atomic mass is 19.4. The van der Waals surface area contributed by atoms with Crippen LogP contribution in [0.15, 0.2) is 6.20 Å². The van der Waals surface area contributed by atoms with E-state index in [4.69, 9.17) is 4.74 Å². The van der Waals surface area contributed by atoms with Crippen molar-refractivity contribution in [3.8, 4) is 0 Å². The third-order valence-electron chi connectivity index (χ3n) is 3.80. The second-order valence-electron chi connectivity index (χ2n) is 5.10. The molecule has 1 fully saturated rings. The summed E-state index contributed by atoms with van der Waals surface area (Å²) in [5, 5.41) is 0. The van der Waals surface area contributed by atoms with Gasteiger partial charge in [0.2, 0.25) is 11.7 Å². The third-order valence-corrected chi connectivity index (χ3v) is 3.80. The first kappa shape index (κ1) is 13.4. The number of imidazole rings is 1. The Hall–Kier alpha value is -1.57. The van der Waals surface area contributed by atoms with E-state index in [2.05, 4.69) is 4.98 Å². The maximum Gasteiger partial charge on any atom is 0.449 e. The zero-order chi connectivity index (χ0) is 14.5. The minimum atomic E-state index is -4.46. The molecule has 0 radical (unpaired) electrons. The average Bonchev–Trinajstić information content (AvgIpc) is 3.06. The number of hydrogen-bond acceptors (Lipinski definition) is 3. The van der Waals surface area contributed by atoms with Gasteiger partial charge in [0, 0.05) is 20.2 Å². The number of fused-ring (bicyclic) bond motifs is 1. The maximum absolute atomic E-state index is 12.7. The lowest BCUT2D eigenvalue weighted by molar-refractivity contribution is -0.148. The van der Waals surface area contributed by atoms with Crippen LogP contribution in [0, 0.1) is 5.92 Å². The SMILES string of the molecule is CO[C@H]1C[C@@H]1C(=O)N1CCn2c(cnc2C(F)(F)F)C1. The first-order chi connectivity index (χ1) is 9.41. The van der Waals surface area contributed by atoms with Crippen molar-refractivity contribution < 1.29 is 22.7 Å². The highest BCUT2D eigenvalue weighted by Crippen LogP contribution is 2.36. The largest absolute Gasteiger partial charge is 0.449 e. The third kappa shape index (κ3) is 2.17. The fraction of sp³-hybridized carbons (Fsp3) is 0.667. The van der Waals surface area contributed by atoms with Gasteiger partial charge in [0.1, 0.15) is 0 Å². The Bertz CT molecular complexity index is 541. The molecule has 8 heteroatoms. The van der Waals surface area contributed by atoms with E-state index in [0.717, 1.165) is 4.57 Å². The lowest BCUT2D eigenvalue weighted by Crippen LogP contribution is -2.40. The van der Waals surface area contributed by atoms with Crippen molar-refractivity contribution in [2.24, 2.45) is 5.92 Å². The van der Waals surface area contributed by atoms with Crippen LogP contribution in [0.3, 0.4) is 0 Å². The Balaban J connectivity index is 1.74. The van der Waals surface area contributed by atoms with Gasteiger partial charge in [-0.15, -0.1) is 0 Å². The summed E-state index contributed by atoms with van der Waals surface area (Å²) < 4.78 is 44.4. The number of methoxy groups -OCH3 is 1. The van der Waals surface area contributed by atoms with E-state index in [0.29, 0.717) is 12.1 Å². The summed E-state index contributed by atoms with van der Waals surface area (Å²) in [6.07, 6.45) is -2.61. The van der Waals surface area contributed by atoms with Gasteiger partial charge in [-0.25, -0.2) is 4.98 Å². The van der Waals surface area contributed by atoms with Crippen molar-refractivity contribution in [1.29, 1.82) is 0 Å². The highest BCUT2D eigenvalue weighted by Gasteiger charge is 2.46. The van der Waals surface area contributed by atoms with Crippen LogP contribution in [0.25, 0.3) is 0 Å². The van der Waals surface area contributed by atoms with Gasteiger partial charge in [-0.05, 0) is 6.42 Å². The summed E-state index contributed by atoms with van der Waals surface area (Å²) in [7, 11) is 1.55. The molecule has 1 saturated carbocycles. The molecule has 2 aliphatic rings. The van der Waals surface area contributed by atoms with Gasteiger partial charge in [-0.3, -0.25) is 4.79 Å². The van der Waals surface area contributed by atoms with Crippen LogP contribution in [-0.4, -0.2) is 40.1 Å². The summed E-state index contributed by atoms with van der Waals surface area (Å²) >= 11 is 0. The van der Waals surface area contributed by atoms with Crippen molar-refractivity contribution in [3.63, 3.8) is 0 Å². The van der Waals surface area contributed by atoms with E-state index >= 15 is 0 Å². The minimum Gasteiger partial charge on any atom is -0.381 e. The maximum atomic E-state index is 12.7. The molecule has 1 aromatic rings. The summed E-state index contributed by atoms with van der Waals surface area (Å²) in [5.41, 5.74) is 0.423. The van der Waals surface area contributed by atoms with E-state index in [1.807, 2.05) is 0 Å². The Morgan fingerprint density at radius 3 is 2.80 bits per heavy atom.